The van der Waals surface area contributed by atoms with Crippen molar-refractivity contribution in [1.82, 2.24) is 0 Å². The molecule has 3 heteroatoms. The first-order valence-corrected chi connectivity index (χ1v) is 5.62. The molecule has 0 amide bonds. The summed E-state index contributed by atoms with van der Waals surface area (Å²) in [6, 6.07) is 6.04. The van der Waals surface area contributed by atoms with Crippen molar-refractivity contribution in [1.29, 1.82) is 0 Å². The highest BCUT2D eigenvalue weighted by atomic mass is 16.5. The smallest absolute Gasteiger partial charge is 0.306 e. The van der Waals surface area contributed by atoms with Crippen molar-refractivity contribution in [3.63, 3.8) is 0 Å². The minimum Gasteiger partial charge on any atom is -0.466 e. The second-order valence-electron chi connectivity index (χ2n) is 3.72. The molecule has 0 aliphatic heterocycles. The number of nitrogens with two attached hydrogens (primary N) is 1. The van der Waals surface area contributed by atoms with E-state index < -0.39 is 0 Å². The van der Waals surface area contributed by atoms with Gasteiger partial charge in [-0.1, -0.05) is 18.2 Å². The Kier molecular flexibility index (Phi) is 4.99. The highest BCUT2D eigenvalue weighted by molar-refractivity contribution is 5.69. The fourth-order valence-corrected chi connectivity index (χ4v) is 1.77. The third kappa shape index (κ3) is 3.35. The summed E-state index contributed by atoms with van der Waals surface area (Å²) in [5, 5.41) is 0. The average Bonchev–Trinajstić information content (AvgIpc) is 2.27. The fourth-order valence-electron chi connectivity index (χ4n) is 1.77. The molecule has 0 atom stereocenters. The van der Waals surface area contributed by atoms with Crippen LogP contribution in [0.25, 0.3) is 0 Å². The molecule has 1 aromatic carbocycles. The van der Waals surface area contributed by atoms with Crippen LogP contribution in [0.1, 0.15) is 30.0 Å². The van der Waals surface area contributed by atoms with Crippen LogP contribution in [0.5, 0.6) is 0 Å². The molecule has 2 N–H and O–H groups in total. The number of aryl methyl sites for hydroxylation is 1. The van der Waals surface area contributed by atoms with Crippen LogP contribution in [0.4, 0.5) is 0 Å². The summed E-state index contributed by atoms with van der Waals surface area (Å²) in [6.45, 7) is 4.81. The van der Waals surface area contributed by atoms with Crippen LogP contribution in [0.15, 0.2) is 18.2 Å². The average molecular weight is 221 g/mol. The summed E-state index contributed by atoms with van der Waals surface area (Å²) in [5.41, 5.74) is 9.15. The summed E-state index contributed by atoms with van der Waals surface area (Å²) in [6.07, 6.45) is 1.13. The van der Waals surface area contributed by atoms with Crippen LogP contribution in [0.2, 0.25) is 0 Å². The van der Waals surface area contributed by atoms with Gasteiger partial charge < -0.3 is 10.5 Å². The molecular formula is C13H19NO2. The van der Waals surface area contributed by atoms with Gasteiger partial charge in [0.25, 0.3) is 0 Å². The van der Waals surface area contributed by atoms with Gasteiger partial charge in [0.05, 0.1) is 6.61 Å². The Labute approximate surface area is 96.6 Å². The molecule has 1 aromatic rings. The molecule has 0 saturated heterocycles. The standard InChI is InChI=1S/C13H19NO2/c1-3-16-13(15)8-7-12-10(2)5-4-6-11(12)9-14/h4-6H,3,7-9,14H2,1-2H3. The zero-order chi connectivity index (χ0) is 12.0. The van der Waals surface area contributed by atoms with E-state index in [1.807, 2.05) is 32.0 Å². The summed E-state index contributed by atoms with van der Waals surface area (Å²) in [4.78, 5) is 11.3. The molecule has 0 aliphatic rings. The van der Waals surface area contributed by atoms with E-state index in [2.05, 4.69) is 0 Å². The quantitative estimate of drug-likeness (QED) is 0.773. The predicted octanol–water partition coefficient (Wildman–Crippen LogP) is 1.95. The SMILES string of the molecule is CCOC(=O)CCc1c(C)cccc1CN. The van der Waals surface area contributed by atoms with Gasteiger partial charge >= 0.3 is 5.97 Å². The van der Waals surface area contributed by atoms with Crippen LogP contribution >= 0.6 is 0 Å². The second kappa shape index (κ2) is 6.28. The summed E-state index contributed by atoms with van der Waals surface area (Å²) < 4.78 is 4.91. The van der Waals surface area contributed by atoms with Gasteiger partial charge in [0.2, 0.25) is 0 Å². The maximum atomic E-state index is 11.3. The van der Waals surface area contributed by atoms with Crippen LogP contribution in [-0.2, 0) is 22.5 Å². The lowest BCUT2D eigenvalue weighted by Crippen LogP contribution is -2.08. The maximum Gasteiger partial charge on any atom is 0.306 e. The molecule has 16 heavy (non-hydrogen) atoms. The predicted molar refractivity (Wildman–Crippen MR) is 64.0 cm³/mol. The molecule has 0 fully saturated rings. The van der Waals surface area contributed by atoms with Gasteiger partial charge in [0.1, 0.15) is 0 Å². The van der Waals surface area contributed by atoms with Gasteiger partial charge in [0, 0.05) is 13.0 Å². The molecule has 0 spiro atoms. The van der Waals surface area contributed by atoms with E-state index in [9.17, 15) is 4.79 Å². The van der Waals surface area contributed by atoms with Crippen LogP contribution in [-0.4, -0.2) is 12.6 Å². The number of rotatable bonds is 5. The number of carbonyl (C=O) groups is 1. The lowest BCUT2D eigenvalue weighted by Gasteiger charge is -2.10. The number of benzene rings is 1. The van der Waals surface area contributed by atoms with Crippen molar-refractivity contribution in [2.24, 2.45) is 5.73 Å². The van der Waals surface area contributed by atoms with Crippen molar-refractivity contribution in [3.8, 4) is 0 Å². The van der Waals surface area contributed by atoms with E-state index in [1.54, 1.807) is 0 Å². The highest BCUT2D eigenvalue weighted by Crippen LogP contribution is 2.16. The van der Waals surface area contributed by atoms with Gasteiger partial charge in [-0.25, -0.2) is 0 Å². The third-order valence-corrected chi connectivity index (χ3v) is 2.61. The van der Waals surface area contributed by atoms with E-state index in [-0.39, 0.29) is 5.97 Å². The summed E-state index contributed by atoms with van der Waals surface area (Å²) >= 11 is 0. The molecule has 0 aliphatic carbocycles. The first-order valence-electron chi connectivity index (χ1n) is 5.62. The topological polar surface area (TPSA) is 52.3 Å². The Bertz CT molecular complexity index is 361. The monoisotopic (exact) mass is 221 g/mol. The van der Waals surface area contributed by atoms with Gasteiger partial charge in [-0.05, 0) is 37.0 Å². The molecule has 0 saturated carbocycles. The van der Waals surface area contributed by atoms with Crippen molar-refractivity contribution in [2.75, 3.05) is 6.61 Å². The molecule has 3 nitrogen and oxygen atoms in total. The molecular weight excluding hydrogens is 202 g/mol. The number of hydrogen-bond acceptors (Lipinski definition) is 3. The zero-order valence-corrected chi connectivity index (χ0v) is 9.95. The van der Waals surface area contributed by atoms with Crippen molar-refractivity contribution in [3.05, 3.63) is 34.9 Å². The van der Waals surface area contributed by atoms with Crippen molar-refractivity contribution < 1.29 is 9.53 Å². The molecule has 0 bridgehead atoms. The Morgan fingerprint density at radius 3 is 2.81 bits per heavy atom. The van der Waals surface area contributed by atoms with Gasteiger partial charge in [-0.15, -0.1) is 0 Å². The minimum atomic E-state index is -0.145. The maximum absolute atomic E-state index is 11.3. The van der Waals surface area contributed by atoms with E-state index in [1.165, 1.54) is 11.1 Å². The zero-order valence-electron chi connectivity index (χ0n) is 9.95. The summed E-state index contributed by atoms with van der Waals surface area (Å²) in [7, 11) is 0. The Morgan fingerprint density at radius 2 is 2.19 bits per heavy atom. The van der Waals surface area contributed by atoms with Crippen LogP contribution in [0.3, 0.4) is 0 Å². The first kappa shape index (κ1) is 12.7. The van der Waals surface area contributed by atoms with Gasteiger partial charge in [-0.3, -0.25) is 4.79 Å². The van der Waals surface area contributed by atoms with Gasteiger partial charge in [-0.2, -0.15) is 0 Å². The van der Waals surface area contributed by atoms with E-state index >= 15 is 0 Å². The highest BCUT2D eigenvalue weighted by Gasteiger charge is 2.07. The van der Waals surface area contributed by atoms with Crippen molar-refractivity contribution in [2.45, 2.75) is 33.2 Å². The van der Waals surface area contributed by atoms with E-state index in [0.717, 1.165) is 5.56 Å². The number of hydrogen-bond donors (Lipinski definition) is 1. The van der Waals surface area contributed by atoms with E-state index in [4.69, 9.17) is 10.5 Å². The summed E-state index contributed by atoms with van der Waals surface area (Å²) in [5.74, 6) is -0.145. The minimum absolute atomic E-state index is 0.145. The molecule has 0 unspecified atom stereocenters. The fraction of sp³-hybridized carbons (Fsp3) is 0.462. The Hall–Kier alpha value is -1.35. The Balaban J connectivity index is 2.69. The van der Waals surface area contributed by atoms with Gasteiger partial charge in [0.15, 0.2) is 0 Å². The largest absolute Gasteiger partial charge is 0.466 e. The molecule has 0 aromatic heterocycles. The molecule has 1 rings (SSSR count). The first-order chi connectivity index (χ1) is 7.69. The Morgan fingerprint density at radius 1 is 1.44 bits per heavy atom. The molecule has 0 radical (unpaired) electrons. The third-order valence-electron chi connectivity index (χ3n) is 2.61. The van der Waals surface area contributed by atoms with Crippen molar-refractivity contribution >= 4 is 5.97 Å². The molecule has 88 valence electrons. The second-order valence-corrected chi connectivity index (χ2v) is 3.72. The van der Waals surface area contributed by atoms with E-state index in [0.29, 0.717) is 26.0 Å². The normalized spacial score (nSPS) is 10.2. The lowest BCUT2D eigenvalue weighted by molar-refractivity contribution is -0.143. The number of esters is 1. The number of carbonyl (C=O) groups excluding carboxylic acids is 1. The lowest BCUT2D eigenvalue weighted by atomic mass is 9.98. The van der Waals surface area contributed by atoms with Crippen LogP contribution < -0.4 is 5.73 Å². The molecule has 0 heterocycles. The van der Waals surface area contributed by atoms with Crippen LogP contribution in [0, 0.1) is 6.92 Å². The number of ether oxygens (including phenoxy) is 1.